The third-order valence-corrected chi connectivity index (χ3v) is 6.93. The molecule has 0 unspecified atom stereocenters. The van der Waals surface area contributed by atoms with Crippen LogP contribution in [0.5, 0.6) is 0 Å². The molecule has 0 N–H and O–H groups in total. The molecule has 4 rings (SSSR count). The van der Waals surface area contributed by atoms with Crippen LogP contribution in [0.1, 0.15) is 62.5 Å². The van der Waals surface area contributed by atoms with E-state index in [1.54, 1.807) is 11.3 Å². The molecular weight excluding hydrogens is 386 g/mol. The summed E-state index contributed by atoms with van der Waals surface area (Å²) in [5.41, 5.74) is 2.07. The highest BCUT2D eigenvalue weighted by Crippen LogP contribution is 2.42. The summed E-state index contributed by atoms with van der Waals surface area (Å²) < 4.78 is 2.23. The van der Waals surface area contributed by atoms with Gasteiger partial charge in [-0.2, -0.15) is 0 Å². The number of carbonyl (C=O) groups excluding carboxylic acids is 1. The minimum atomic E-state index is -0.210. The summed E-state index contributed by atoms with van der Waals surface area (Å²) in [6.07, 6.45) is 2.31. The van der Waals surface area contributed by atoms with Gasteiger partial charge in [-0.3, -0.25) is 9.36 Å². The molecule has 1 fully saturated rings. The Balaban J connectivity index is 1.54. The van der Waals surface area contributed by atoms with Crippen molar-refractivity contribution in [2.24, 2.45) is 0 Å². The second-order valence-electron chi connectivity index (χ2n) is 8.34. The van der Waals surface area contributed by atoms with Crippen LogP contribution in [0.4, 0.5) is 0 Å². The number of thioether (sulfide) groups is 1. The molecule has 1 aliphatic carbocycles. The molecule has 1 atom stereocenters. The Hall–Kier alpha value is -1.92. The topological polar surface area (TPSA) is 47.8 Å². The number of carbonyl (C=O) groups is 1. The Kier molecular flexibility index (Phi) is 5.19. The van der Waals surface area contributed by atoms with Gasteiger partial charge in [-0.1, -0.05) is 62.9 Å². The van der Waals surface area contributed by atoms with E-state index in [4.69, 9.17) is 0 Å². The minimum absolute atomic E-state index is 0.0841. The lowest BCUT2D eigenvalue weighted by molar-refractivity contribution is 0.0993. The van der Waals surface area contributed by atoms with E-state index in [0.717, 1.165) is 34.3 Å². The molecule has 3 aromatic rings. The number of benzene rings is 1. The van der Waals surface area contributed by atoms with Crippen molar-refractivity contribution in [1.29, 1.82) is 0 Å². The maximum absolute atomic E-state index is 13.0. The highest BCUT2D eigenvalue weighted by molar-refractivity contribution is 8.00. The fraction of sp³-hybridized carbons (Fsp3) is 0.409. The maximum Gasteiger partial charge on any atom is 0.192 e. The first-order chi connectivity index (χ1) is 13.3. The molecule has 0 radical (unpaired) electrons. The molecule has 1 aromatic carbocycles. The molecule has 146 valence electrons. The Bertz CT molecular complexity index is 964. The lowest BCUT2D eigenvalue weighted by atomic mass is 9.86. The number of thiophene rings is 1. The second-order valence-corrected chi connectivity index (χ2v) is 10.6. The van der Waals surface area contributed by atoms with Crippen LogP contribution < -0.4 is 0 Å². The smallest absolute Gasteiger partial charge is 0.192 e. The number of hydrogen-bond acceptors (Lipinski definition) is 5. The van der Waals surface area contributed by atoms with Crippen LogP contribution in [0, 0.1) is 0 Å². The van der Waals surface area contributed by atoms with E-state index in [9.17, 15) is 4.79 Å². The lowest BCUT2D eigenvalue weighted by Gasteiger charge is -2.19. The van der Waals surface area contributed by atoms with Gasteiger partial charge in [-0.15, -0.1) is 21.5 Å². The van der Waals surface area contributed by atoms with Gasteiger partial charge >= 0.3 is 0 Å². The van der Waals surface area contributed by atoms with Gasteiger partial charge in [0.15, 0.2) is 16.8 Å². The van der Waals surface area contributed by atoms with E-state index in [1.165, 1.54) is 17.3 Å². The first-order valence-electron chi connectivity index (χ1n) is 9.65. The molecule has 0 bridgehead atoms. The number of Topliss-reactive ketones (excluding diaryl/α,β-unsaturated/α-hetero) is 1. The van der Waals surface area contributed by atoms with Crippen molar-refractivity contribution in [3.63, 3.8) is 0 Å². The summed E-state index contributed by atoms with van der Waals surface area (Å²) in [4.78, 5) is 14.1. The van der Waals surface area contributed by atoms with Crippen molar-refractivity contribution in [2.75, 3.05) is 0 Å². The standard InChI is InChI=1S/C22H25N3OS2/c1-14(19(26)15-7-9-16(10-8-15)22(2,3)4)28-21-24-23-20(18-6-5-13-27-18)25(21)17-11-12-17/h5-10,13-14,17H,11-12H2,1-4H3/t14-/m1/s1. The molecule has 6 heteroatoms. The van der Waals surface area contributed by atoms with Gasteiger partial charge in [-0.05, 0) is 42.2 Å². The fourth-order valence-corrected chi connectivity index (χ4v) is 4.88. The Morgan fingerprint density at radius 2 is 1.89 bits per heavy atom. The molecule has 0 aliphatic heterocycles. The van der Waals surface area contributed by atoms with Crippen molar-refractivity contribution in [1.82, 2.24) is 14.8 Å². The number of nitrogens with zero attached hydrogens (tertiary/aromatic N) is 3. The van der Waals surface area contributed by atoms with E-state index in [-0.39, 0.29) is 16.4 Å². The van der Waals surface area contributed by atoms with Crippen LogP contribution in [0.25, 0.3) is 10.7 Å². The predicted octanol–water partition coefficient (Wildman–Crippen LogP) is 6.00. The van der Waals surface area contributed by atoms with Crippen LogP contribution in [0.3, 0.4) is 0 Å². The van der Waals surface area contributed by atoms with Crippen molar-refractivity contribution in [3.05, 3.63) is 52.9 Å². The zero-order chi connectivity index (χ0) is 19.9. The normalized spacial score (nSPS) is 15.6. The number of aromatic nitrogens is 3. The Labute approximate surface area is 174 Å². The zero-order valence-electron chi connectivity index (χ0n) is 16.7. The van der Waals surface area contributed by atoms with Gasteiger partial charge < -0.3 is 0 Å². The molecule has 1 aliphatic rings. The monoisotopic (exact) mass is 411 g/mol. The second kappa shape index (κ2) is 7.48. The van der Waals surface area contributed by atoms with E-state index < -0.39 is 0 Å². The molecular formula is C22H25N3OS2. The summed E-state index contributed by atoms with van der Waals surface area (Å²) in [6, 6.07) is 12.6. The van der Waals surface area contributed by atoms with E-state index >= 15 is 0 Å². The fourth-order valence-electron chi connectivity index (χ4n) is 3.17. The largest absolute Gasteiger partial charge is 0.298 e. The van der Waals surface area contributed by atoms with Crippen molar-refractivity contribution in [2.45, 2.75) is 62.4 Å². The van der Waals surface area contributed by atoms with Crippen molar-refractivity contribution >= 4 is 28.9 Å². The molecule has 0 amide bonds. The summed E-state index contributed by atoms with van der Waals surface area (Å²) in [5.74, 6) is 1.06. The first kappa shape index (κ1) is 19.4. The summed E-state index contributed by atoms with van der Waals surface area (Å²) in [5, 5.41) is 11.6. The molecule has 0 spiro atoms. The van der Waals surface area contributed by atoms with E-state index in [0.29, 0.717) is 6.04 Å². The SMILES string of the molecule is C[C@@H](Sc1nnc(-c2cccs2)n1C1CC1)C(=O)c1ccc(C(C)(C)C)cc1. The van der Waals surface area contributed by atoms with Crippen LogP contribution in [0.2, 0.25) is 0 Å². The summed E-state index contributed by atoms with van der Waals surface area (Å²) in [7, 11) is 0. The average Bonchev–Trinajstić information content (AvgIpc) is 3.18. The molecule has 0 saturated heterocycles. The zero-order valence-corrected chi connectivity index (χ0v) is 18.3. The summed E-state index contributed by atoms with van der Waals surface area (Å²) in [6.45, 7) is 8.50. The predicted molar refractivity (Wildman–Crippen MR) is 116 cm³/mol. The molecule has 28 heavy (non-hydrogen) atoms. The first-order valence-corrected chi connectivity index (χ1v) is 11.4. The van der Waals surface area contributed by atoms with Crippen LogP contribution >= 0.6 is 23.1 Å². The van der Waals surface area contributed by atoms with Crippen LogP contribution in [0.15, 0.2) is 46.9 Å². The number of rotatable bonds is 6. The third-order valence-electron chi connectivity index (χ3n) is 5.00. The van der Waals surface area contributed by atoms with Gasteiger partial charge in [0.05, 0.1) is 10.1 Å². The van der Waals surface area contributed by atoms with Gasteiger partial charge in [-0.25, -0.2) is 0 Å². The van der Waals surface area contributed by atoms with Crippen LogP contribution in [-0.4, -0.2) is 25.8 Å². The van der Waals surface area contributed by atoms with Crippen molar-refractivity contribution in [3.8, 4) is 10.7 Å². The van der Waals surface area contributed by atoms with Gasteiger partial charge in [0.2, 0.25) is 0 Å². The highest BCUT2D eigenvalue weighted by atomic mass is 32.2. The quantitative estimate of drug-likeness (QED) is 0.368. The minimum Gasteiger partial charge on any atom is -0.298 e. The number of hydrogen-bond donors (Lipinski definition) is 0. The van der Waals surface area contributed by atoms with Gasteiger partial charge in [0.25, 0.3) is 0 Å². The molecule has 4 nitrogen and oxygen atoms in total. The van der Waals surface area contributed by atoms with Gasteiger partial charge in [0.1, 0.15) is 0 Å². The number of ketones is 1. The molecule has 1 saturated carbocycles. The lowest BCUT2D eigenvalue weighted by Crippen LogP contribution is -2.16. The Morgan fingerprint density at radius 1 is 1.18 bits per heavy atom. The Morgan fingerprint density at radius 3 is 2.46 bits per heavy atom. The van der Waals surface area contributed by atoms with Crippen LogP contribution in [-0.2, 0) is 5.41 Å². The van der Waals surface area contributed by atoms with Crippen molar-refractivity contribution < 1.29 is 4.79 Å². The van der Waals surface area contributed by atoms with Gasteiger partial charge in [0, 0.05) is 11.6 Å². The molecule has 2 heterocycles. The third kappa shape index (κ3) is 3.94. The maximum atomic E-state index is 13.0. The molecule has 2 aromatic heterocycles. The summed E-state index contributed by atoms with van der Waals surface area (Å²) >= 11 is 3.19. The average molecular weight is 412 g/mol. The van der Waals surface area contributed by atoms with E-state index in [1.807, 2.05) is 25.1 Å². The highest BCUT2D eigenvalue weighted by Gasteiger charge is 2.32. The van der Waals surface area contributed by atoms with E-state index in [2.05, 4.69) is 59.1 Å².